The van der Waals surface area contributed by atoms with Crippen LogP contribution in [0.5, 0.6) is 5.75 Å². The Kier molecular flexibility index (Phi) is 5.33. The van der Waals surface area contributed by atoms with Gasteiger partial charge in [-0.05, 0) is 63.3 Å². The molecule has 1 unspecified atom stereocenters. The number of amides is 2. The maximum Gasteiger partial charge on any atom is 0.254 e. The Morgan fingerprint density at radius 1 is 1.27 bits per heavy atom. The second kappa shape index (κ2) is 7.94. The van der Waals surface area contributed by atoms with E-state index in [0.29, 0.717) is 24.3 Å². The normalized spacial score (nSPS) is 18.3. The van der Waals surface area contributed by atoms with Crippen LogP contribution in [-0.2, 0) is 4.79 Å². The first-order chi connectivity index (χ1) is 14.4. The molecular weight excluding hydrogens is 380 g/mol. The summed E-state index contributed by atoms with van der Waals surface area (Å²) >= 11 is 0. The SMILES string of the molecule is Cc1cc2cc(C(=O)N(C)CC(=O)N3CCCC3C#N)cc(OC3CC3)c2nc1C. The Bertz CT molecular complexity index is 1050. The highest BCUT2D eigenvalue weighted by Crippen LogP contribution is 2.33. The van der Waals surface area contributed by atoms with E-state index in [-0.39, 0.29) is 24.5 Å². The van der Waals surface area contributed by atoms with Gasteiger partial charge in [-0.2, -0.15) is 5.26 Å². The van der Waals surface area contributed by atoms with E-state index in [0.717, 1.165) is 41.4 Å². The molecule has 4 rings (SSSR count). The molecular formula is C23H26N4O3. The number of aromatic nitrogens is 1. The fraction of sp³-hybridized carbons (Fsp3) is 0.478. The van der Waals surface area contributed by atoms with E-state index in [1.165, 1.54) is 4.90 Å². The van der Waals surface area contributed by atoms with Gasteiger partial charge in [-0.3, -0.25) is 9.59 Å². The quantitative estimate of drug-likeness (QED) is 0.762. The molecule has 7 heteroatoms. The van der Waals surface area contributed by atoms with Crippen molar-refractivity contribution in [2.24, 2.45) is 0 Å². The topological polar surface area (TPSA) is 86.5 Å². The van der Waals surface area contributed by atoms with E-state index in [4.69, 9.17) is 4.74 Å². The molecule has 2 aliphatic rings. The van der Waals surface area contributed by atoms with Gasteiger partial charge >= 0.3 is 0 Å². The highest BCUT2D eigenvalue weighted by Gasteiger charge is 2.30. The molecule has 2 aromatic rings. The largest absolute Gasteiger partial charge is 0.488 e. The molecule has 1 aromatic carbocycles. The van der Waals surface area contributed by atoms with Crippen LogP contribution in [-0.4, -0.2) is 58.9 Å². The third kappa shape index (κ3) is 3.95. The molecule has 0 spiro atoms. The molecule has 2 amide bonds. The maximum atomic E-state index is 13.1. The first-order valence-corrected chi connectivity index (χ1v) is 10.4. The van der Waals surface area contributed by atoms with E-state index in [9.17, 15) is 14.9 Å². The molecule has 7 nitrogen and oxygen atoms in total. The zero-order valence-electron chi connectivity index (χ0n) is 17.6. The zero-order chi connectivity index (χ0) is 21.4. The van der Waals surface area contributed by atoms with Crippen molar-refractivity contribution < 1.29 is 14.3 Å². The number of nitriles is 1. The number of rotatable bonds is 5. The average Bonchev–Trinajstić information content (AvgIpc) is 3.40. The van der Waals surface area contributed by atoms with Gasteiger partial charge in [0.05, 0.1) is 18.7 Å². The van der Waals surface area contributed by atoms with Crippen molar-refractivity contribution in [3.05, 3.63) is 35.0 Å². The smallest absolute Gasteiger partial charge is 0.254 e. The molecule has 0 bridgehead atoms. The molecule has 1 aliphatic heterocycles. The summed E-state index contributed by atoms with van der Waals surface area (Å²) in [4.78, 5) is 33.4. The van der Waals surface area contributed by atoms with Crippen molar-refractivity contribution in [2.75, 3.05) is 20.1 Å². The number of hydrogen-bond donors (Lipinski definition) is 0. The Morgan fingerprint density at radius 3 is 2.73 bits per heavy atom. The average molecular weight is 406 g/mol. The van der Waals surface area contributed by atoms with Crippen LogP contribution in [0.4, 0.5) is 0 Å². The van der Waals surface area contributed by atoms with E-state index < -0.39 is 6.04 Å². The standard InChI is InChI=1S/C23H26N4O3/c1-14-9-16-10-17(11-20(30-19-6-7-19)22(16)25-15(14)2)23(29)26(3)13-21(28)27-8-4-5-18(27)12-24/h9-11,18-19H,4-8,13H2,1-3H3. The van der Waals surface area contributed by atoms with Gasteiger partial charge in [0.25, 0.3) is 5.91 Å². The number of carbonyl (C=O) groups excluding carboxylic acids is 2. The van der Waals surface area contributed by atoms with Crippen LogP contribution in [0.15, 0.2) is 18.2 Å². The fourth-order valence-corrected chi connectivity index (χ4v) is 3.82. The first-order valence-electron chi connectivity index (χ1n) is 10.4. The molecule has 2 heterocycles. The monoisotopic (exact) mass is 406 g/mol. The van der Waals surface area contributed by atoms with Crippen LogP contribution < -0.4 is 4.74 Å². The summed E-state index contributed by atoms with van der Waals surface area (Å²) in [7, 11) is 1.61. The Hall–Kier alpha value is -3.14. The number of likely N-dealkylation sites (tertiary alicyclic amines) is 1. The van der Waals surface area contributed by atoms with Crippen LogP contribution in [0.3, 0.4) is 0 Å². The van der Waals surface area contributed by atoms with Gasteiger partial charge < -0.3 is 14.5 Å². The lowest BCUT2D eigenvalue weighted by Gasteiger charge is -2.24. The van der Waals surface area contributed by atoms with Gasteiger partial charge in [-0.15, -0.1) is 0 Å². The van der Waals surface area contributed by atoms with Crippen LogP contribution >= 0.6 is 0 Å². The van der Waals surface area contributed by atoms with E-state index in [2.05, 4.69) is 11.1 Å². The van der Waals surface area contributed by atoms with E-state index in [1.807, 2.05) is 26.0 Å². The molecule has 0 radical (unpaired) electrons. The lowest BCUT2D eigenvalue weighted by Crippen LogP contribution is -2.42. The zero-order valence-corrected chi connectivity index (χ0v) is 17.6. The van der Waals surface area contributed by atoms with Gasteiger partial charge in [-0.1, -0.05) is 0 Å². The predicted molar refractivity (Wildman–Crippen MR) is 112 cm³/mol. The number of hydrogen-bond acceptors (Lipinski definition) is 5. The van der Waals surface area contributed by atoms with Crippen molar-refractivity contribution in [1.82, 2.24) is 14.8 Å². The summed E-state index contributed by atoms with van der Waals surface area (Å²) in [5.41, 5.74) is 3.21. The molecule has 0 N–H and O–H groups in total. The summed E-state index contributed by atoms with van der Waals surface area (Å²) in [6.45, 7) is 4.46. The second-order valence-corrected chi connectivity index (χ2v) is 8.29. The first kappa shape index (κ1) is 20.1. The highest BCUT2D eigenvalue weighted by atomic mass is 16.5. The van der Waals surface area contributed by atoms with Gasteiger partial charge in [-0.25, -0.2) is 4.98 Å². The summed E-state index contributed by atoms with van der Waals surface area (Å²) < 4.78 is 6.05. The van der Waals surface area contributed by atoms with Crippen LogP contribution in [0, 0.1) is 25.2 Å². The molecule has 156 valence electrons. The molecule has 1 aromatic heterocycles. The van der Waals surface area contributed by atoms with E-state index >= 15 is 0 Å². The number of fused-ring (bicyclic) bond motifs is 1. The van der Waals surface area contributed by atoms with Crippen LogP contribution in [0.25, 0.3) is 10.9 Å². The molecule has 1 aliphatic carbocycles. The number of benzene rings is 1. The molecule has 30 heavy (non-hydrogen) atoms. The molecule has 1 atom stereocenters. The Balaban J connectivity index is 1.59. The van der Waals surface area contributed by atoms with Gasteiger partial charge in [0.1, 0.15) is 17.3 Å². The number of ether oxygens (including phenoxy) is 1. The highest BCUT2D eigenvalue weighted by molar-refractivity contribution is 6.01. The maximum absolute atomic E-state index is 13.1. The number of nitrogens with zero attached hydrogens (tertiary/aromatic N) is 4. The number of aryl methyl sites for hydroxylation is 2. The van der Waals surface area contributed by atoms with Gasteiger partial charge in [0.15, 0.2) is 0 Å². The van der Waals surface area contributed by atoms with Crippen molar-refractivity contribution in [2.45, 2.75) is 51.7 Å². The summed E-state index contributed by atoms with van der Waals surface area (Å²) in [6, 6.07) is 7.34. The fourth-order valence-electron chi connectivity index (χ4n) is 3.82. The second-order valence-electron chi connectivity index (χ2n) is 8.29. The summed E-state index contributed by atoms with van der Waals surface area (Å²) in [5, 5.41) is 10.1. The van der Waals surface area contributed by atoms with Crippen molar-refractivity contribution in [3.63, 3.8) is 0 Å². The predicted octanol–water partition coefficient (Wildman–Crippen LogP) is 2.98. The lowest BCUT2D eigenvalue weighted by molar-refractivity contribution is -0.131. The summed E-state index contributed by atoms with van der Waals surface area (Å²) in [6.07, 6.45) is 3.71. The number of likely N-dealkylation sites (N-methyl/N-ethyl adjacent to an activating group) is 1. The summed E-state index contributed by atoms with van der Waals surface area (Å²) in [5.74, 6) is 0.167. The Morgan fingerprint density at radius 2 is 2.03 bits per heavy atom. The molecule has 1 saturated heterocycles. The minimum absolute atomic E-state index is 0.0565. The van der Waals surface area contributed by atoms with Crippen LogP contribution in [0.2, 0.25) is 0 Å². The Labute approximate surface area is 176 Å². The van der Waals surface area contributed by atoms with Crippen molar-refractivity contribution in [1.29, 1.82) is 5.26 Å². The molecule has 2 fully saturated rings. The third-order valence-electron chi connectivity index (χ3n) is 5.83. The van der Waals surface area contributed by atoms with Gasteiger partial charge in [0.2, 0.25) is 5.91 Å². The van der Waals surface area contributed by atoms with E-state index in [1.54, 1.807) is 18.0 Å². The minimum Gasteiger partial charge on any atom is -0.488 e. The number of pyridine rings is 1. The number of carbonyl (C=O) groups is 2. The van der Waals surface area contributed by atoms with Gasteiger partial charge in [0, 0.05) is 30.2 Å². The minimum atomic E-state index is -0.391. The molecule has 1 saturated carbocycles. The van der Waals surface area contributed by atoms with Crippen molar-refractivity contribution >= 4 is 22.7 Å². The third-order valence-corrected chi connectivity index (χ3v) is 5.83. The van der Waals surface area contributed by atoms with Crippen LogP contribution in [0.1, 0.15) is 47.3 Å². The lowest BCUT2D eigenvalue weighted by atomic mass is 10.1. The van der Waals surface area contributed by atoms with Crippen molar-refractivity contribution in [3.8, 4) is 11.8 Å².